The van der Waals surface area contributed by atoms with Crippen molar-refractivity contribution in [2.75, 3.05) is 18.0 Å². The van der Waals surface area contributed by atoms with E-state index in [0.717, 1.165) is 25.1 Å². The van der Waals surface area contributed by atoms with Crippen molar-refractivity contribution in [2.45, 2.75) is 20.3 Å². The second-order valence-electron chi connectivity index (χ2n) is 4.35. The van der Waals surface area contributed by atoms with Crippen molar-refractivity contribution in [1.82, 2.24) is 0 Å². The first-order valence-electron chi connectivity index (χ1n) is 5.68. The van der Waals surface area contributed by atoms with Gasteiger partial charge in [-0.3, -0.25) is 4.79 Å². The Bertz CT molecular complexity index is 417. The average Bonchev–Trinajstić information content (AvgIpc) is 2.30. The summed E-state index contributed by atoms with van der Waals surface area (Å²) in [5.41, 5.74) is 3.46. The van der Waals surface area contributed by atoms with Gasteiger partial charge in [-0.25, -0.2) is 0 Å². The van der Waals surface area contributed by atoms with E-state index in [1.54, 1.807) is 6.92 Å². The molecule has 2 heteroatoms. The summed E-state index contributed by atoms with van der Waals surface area (Å²) in [5, 5.41) is 0. The van der Waals surface area contributed by atoms with Crippen LogP contribution >= 0.6 is 0 Å². The van der Waals surface area contributed by atoms with Gasteiger partial charge in [0.2, 0.25) is 0 Å². The molecule has 0 atom stereocenters. The first kappa shape index (κ1) is 10.9. The quantitative estimate of drug-likeness (QED) is 0.558. The van der Waals surface area contributed by atoms with Crippen LogP contribution in [0.3, 0.4) is 0 Å². The fourth-order valence-corrected chi connectivity index (χ4v) is 1.91. The lowest BCUT2D eigenvalue weighted by Gasteiger charge is -2.27. The molecule has 0 unspecified atom stereocenters. The molecule has 1 aliphatic heterocycles. The molecule has 0 spiro atoms. The number of rotatable bonds is 2. The van der Waals surface area contributed by atoms with Gasteiger partial charge in [0.05, 0.1) is 0 Å². The van der Waals surface area contributed by atoms with Crippen molar-refractivity contribution in [1.29, 1.82) is 0 Å². The van der Waals surface area contributed by atoms with Crippen LogP contribution in [-0.4, -0.2) is 18.9 Å². The lowest BCUT2D eigenvalue weighted by atomic mass is 10.1. The van der Waals surface area contributed by atoms with E-state index in [1.807, 2.05) is 24.3 Å². The van der Waals surface area contributed by atoms with Crippen LogP contribution in [0.25, 0.3) is 0 Å². The molecule has 0 fully saturated rings. The van der Waals surface area contributed by atoms with Crippen molar-refractivity contribution in [2.24, 2.45) is 0 Å². The molecule has 1 heterocycles. The van der Waals surface area contributed by atoms with Crippen LogP contribution in [0.4, 0.5) is 5.69 Å². The summed E-state index contributed by atoms with van der Waals surface area (Å²) >= 11 is 0. The number of ketones is 1. The number of hydrogen-bond donors (Lipinski definition) is 0. The summed E-state index contributed by atoms with van der Waals surface area (Å²) in [4.78, 5) is 13.5. The van der Waals surface area contributed by atoms with Gasteiger partial charge >= 0.3 is 0 Å². The highest BCUT2D eigenvalue weighted by atomic mass is 16.1. The first-order valence-corrected chi connectivity index (χ1v) is 5.68. The molecule has 1 aromatic carbocycles. The number of carbonyl (C=O) groups is 1. The molecule has 0 bridgehead atoms. The Balaban J connectivity index is 2.13. The zero-order chi connectivity index (χ0) is 11.5. The molecule has 84 valence electrons. The van der Waals surface area contributed by atoms with E-state index in [9.17, 15) is 4.79 Å². The molecule has 0 aliphatic carbocycles. The van der Waals surface area contributed by atoms with Crippen LogP contribution in [-0.2, 0) is 0 Å². The predicted molar refractivity (Wildman–Crippen MR) is 67.0 cm³/mol. The van der Waals surface area contributed by atoms with Gasteiger partial charge in [-0.1, -0.05) is 11.6 Å². The molecule has 0 saturated carbocycles. The first-order chi connectivity index (χ1) is 7.66. The largest absolute Gasteiger partial charge is 0.367 e. The van der Waals surface area contributed by atoms with E-state index in [1.165, 1.54) is 11.3 Å². The van der Waals surface area contributed by atoms with Gasteiger partial charge in [0.15, 0.2) is 5.78 Å². The SMILES string of the molecule is CC(=O)c1ccc(N2CC=C(C)CC2)cc1. The zero-order valence-corrected chi connectivity index (χ0v) is 9.86. The van der Waals surface area contributed by atoms with E-state index in [2.05, 4.69) is 17.9 Å². The maximum atomic E-state index is 11.2. The summed E-state index contributed by atoms with van der Waals surface area (Å²) in [6.45, 7) is 5.82. The van der Waals surface area contributed by atoms with Gasteiger partial charge in [-0.15, -0.1) is 0 Å². The molecular formula is C14H17NO. The summed E-state index contributed by atoms with van der Waals surface area (Å²) in [6.07, 6.45) is 3.40. The van der Waals surface area contributed by atoms with E-state index < -0.39 is 0 Å². The molecule has 1 aromatic rings. The van der Waals surface area contributed by atoms with Gasteiger partial charge < -0.3 is 4.90 Å². The lowest BCUT2D eigenvalue weighted by molar-refractivity contribution is 0.101. The fourth-order valence-electron chi connectivity index (χ4n) is 1.91. The molecule has 0 aromatic heterocycles. The minimum absolute atomic E-state index is 0.126. The van der Waals surface area contributed by atoms with Gasteiger partial charge in [0.25, 0.3) is 0 Å². The molecular weight excluding hydrogens is 198 g/mol. The lowest BCUT2D eigenvalue weighted by Crippen LogP contribution is -2.27. The van der Waals surface area contributed by atoms with Gasteiger partial charge in [-0.2, -0.15) is 0 Å². The number of hydrogen-bond acceptors (Lipinski definition) is 2. The van der Waals surface area contributed by atoms with Crippen LogP contribution in [0.1, 0.15) is 30.6 Å². The van der Waals surface area contributed by atoms with Crippen LogP contribution in [0.5, 0.6) is 0 Å². The highest BCUT2D eigenvalue weighted by molar-refractivity contribution is 5.94. The van der Waals surface area contributed by atoms with Crippen molar-refractivity contribution in [3.8, 4) is 0 Å². The maximum Gasteiger partial charge on any atom is 0.159 e. The van der Waals surface area contributed by atoms with Crippen molar-refractivity contribution >= 4 is 11.5 Å². The Labute approximate surface area is 96.6 Å². The van der Waals surface area contributed by atoms with Crippen molar-refractivity contribution < 1.29 is 4.79 Å². The third-order valence-electron chi connectivity index (χ3n) is 3.08. The van der Waals surface area contributed by atoms with E-state index in [-0.39, 0.29) is 5.78 Å². The van der Waals surface area contributed by atoms with Crippen LogP contribution < -0.4 is 4.90 Å². The normalized spacial score (nSPS) is 15.9. The molecule has 2 nitrogen and oxygen atoms in total. The smallest absolute Gasteiger partial charge is 0.159 e. The topological polar surface area (TPSA) is 20.3 Å². The van der Waals surface area contributed by atoms with Crippen LogP contribution in [0.2, 0.25) is 0 Å². The number of carbonyl (C=O) groups excluding carboxylic acids is 1. The molecule has 0 saturated heterocycles. The van der Waals surface area contributed by atoms with E-state index in [4.69, 9.17) is 0 Å². The zero-order valence-electron chi connectivity index (χ0n) is 9.86. The molecule has 2 rings (SSSR count). The van der Waals surface area contributed by atoms with E-state index >= 15 is 0 Å². The second-order valence-corrected chi connectivity index (χ2v) is 4.35. The summed E-state index contributed by atoms with van der Waals surface area (Å²) < 4.78 is 0. The highest BCUT2D eigenvalue weighted by Crippen LogP contribution is 2.20. The number of nitrogens with zero attached hydrogens (tertiary/aromatic N) is 1. The number of benzene rings is 1. The van der Waals surface area contributed by atoms with Crippen molar-refractivity contribution in [3.63, 3.8) is 0 Å². The molecule has 16 heavy (non-hydrogen) atoms. The Morgan fingerprint density at radius 3 is 2.44 bits per heavy atom. The number of Topliss-reactive ketones (excluding diaryl/α,β-unsaturated/α-hetero) is 1. The Kier molecular flexibility index (Phi) is 3.09. The molecule has 0 amide bonds. The monoisotopic (exact) mass is 215 g/mol. The summed E-state index contributed by atoms with van der Waals surface area (Å²) in [7, 11) is 0. The van der Waals surface area contributed by atoms with Gasteiger partial charge in [-0.05, 0) is 44.5 Å². The third-order valence-corrected chi connectivity index (χ3v) is 3.08. The van der Waals surface area contributed by atoms with Crippen LogP contribution in [0, 0.1) is 0 Å². The highest BCUT2D eigenvalue weighted by Gasteiger charge is 2.10. The third kappa shape index (κ3) is 2.32. The molecule has 0 N–H and O–H groups in total. The fraction of sp³-hybridized carbons (Fsp3) is 0.357. The Hall–Kier alpha value is -1.57. The maximum absolute atomic E-state index is 11.2. The second kappa shape index (κ2) is 4.52. The van der Waals surface area contributed by atoms with E-state index in [0.29, 0.717) is 0 Å². The molecule has 0 radical (unpaired) electrons. The number of anilines is 1. The van der Waals surface area contributed by atoms with Crippen LogP contribution in [0.15, 0.2) is 35.9 Å². The Morgan fingerprint density at radius 1 is 1.25 bits per heavy atom. The summed E-state index contributed by atoms with van der Waals surface area (Å²) in [6, 6.07) is 7.88. The molecule has 1 aliphatic rings. The average molecular weight is 215 g/mol. The standard InChI is InChI=1S/C14H17NO/c1-11-7-9-15(10-8-11)14-5-3-13(4-6-14)12(2)16/h3-7H,8-10H2,1-2H3. The minimum Gasteiger partial charge on any atom is -0.367 e. The Morgan fingerprint density at radius 2 is 1.94 bits per heavy atom. The van der Waals surface area contributed by atoms with Gasteiger partial charge in [0.1, 0.15) is 0 Å². The summed E-state index contributed by atoms with van der Waals surface area (Å²) in [5.74, 6) is 0.126. The minimum atomic E-state index is 0.126. The predicted octanol–water partition coefficient (Wildman–Crippen LogP) is 3.05. The van der Waals surface area contributed by atoms with Crippen molar-refractivity contribution in [3.05, 3.63) is 41.5 Å². The van der Waals surface area contributed by atoms with Gasteiger partial charge in [0, 0.05) is 24.3 Å².